The van der Waals surface area contributed by atoms with Crippen LogP contribution in [0.2, 0.25) is 0 Å². The fourth-order valence-corrected chi connectivity index (χ4v) is 5.32. The van der Waals surface area contributed by atoms with E-state index >= 15 is 0 Å². The SMILES string of the molecule is O=C(NCc1nc(-c2ccncc2)cs1)c1ccc(N2CCCS2(=O)=O)cc1. The van der Waals surface area contributed by atoms with Crippen molar-refractivity contribution in [2.45, 2.75) is 13.0 Å². The highest BCUT2D eigenvalue weighted by Gasteiger charge is 2.28. The molecule has 4 rings (SSSR count). The van der Waals surface area contributed by atoms with Gasteiger partial charge < -0.3 is 5.32 Å². The number of aromatic nitrogens is 2. The number of nitrogens with zero attached hydrogens (tertiary/aromatic N) is 3. The molecule has 9 heteroatoms. The number of carbonyl (C=O) groups excluding carboxylic acids is 1. The number of rotatable bonds is 5. The van der Waals surface area contributed by atoms with Crippen molar-refractivity contribution >= 4 is 33.0 Å². The Labute approximate surface area is 167 Å². The first-order chi connectivity index (χ1) is 13.5. The maximum atomic E-state index is 12.4. The molecule has 3 aromatic rings. The molecule has 1 aliphatic heterocycles. The van der Waals surface area contributed by atoms with E-state index in [9.17, 15) is 13.2 Å². The monoisotopic (exact) mass is 414 g/mol. The van der Waals surface area contributed by atoms with Gasteiger partial charge >= 0.3 is 0 Å². The number of pyridine rings is 1. The summed E-state index contributed by atoms with van der Waals surface area (Å²) < 4.78 is 25.4. The average molecular weight is 415 g/mol. The highest BCUT2D eigenvalue weighted by Crippen LogP contribution is 2.24. The maximum Gasteiger partial charge on any atom is 0.251 e. The molecule has 0 spiro atoms. The summed E-state index contributed by atoms with van der Waals surface area (Å²) in [6.07, 6.45) is 4.06. The Morgan fingerprint density at radius 1 is 1.14 bits per heavy atom. The molecule has 1 saturated heterocycles. The van der Waals surface area contributed by atoms with Crippen molar-refractivity contribution < 1.29 is 13.2 Å². The van der Waals surface area contributed by atoms with Crippen LogP contribution in [0.3, 0.4) is 0 Å². The van der Waals surface area contributed by atoms with Crippen LogP contribution in [0.4, 0.5) is 5.69 Å². The Hall–Kier alpha value is -2.78. The number of carbonyl (C=O) groups is 1. The summed E-state index contributed by atoms with van der Waals surface area (Å²) in [5, 5.41) is 5.60. The summed E-state index contributed by atoms with van der Waals surface area (Å²) in [7, 11) is -3.22. The number of benzene rings is 1. The van der Waals surface area contributed by atoms with Crippen LogP contribution in [0.15, 0.2) is 54.2 Å². The molecule has 1 aliphatic rings. The Morgan fingerprint density at radius 2 is 1.89 bits per heavy atom. The second-order valence-corrected chi connectivity index (χ2v) is 9.29. The summed E-state index contributed by atoms with van der Waals surface area (Å²) >= 11 is 1.48. The van der Waals surface area contributed by atoms with Gasteiger partial charge in [0.1, 0.15) is 5.01 Å². The predicted octanol–water partition coefficient (Wildman–Crippen LogP) is 2.68. The van der Waals surface area contributed by atoms with Gasteiger partial charge in [0, 0.05) is 35.4 Å². The van der Waals surface area contributed by atoms with Crippen molar-refractivity contribution in [1.29, 1.82) is 0 Å². The van der Waals surface area contributed by atoms with Crippen LogP contribution in [0.25, 0.3) is 11.3 Å². The fraction of sp³-hybridized carbons (Fsp3) is 0.211. The topological polar surface area (TPSA) is 92.3 Å². The number of anilines is 1. The molecule has 28 heavy (non-hydrogen) atoms. The number of nitrogens with one attached hydrogen (secondary N) is 1. The van der Waals surface area contributed by atoms with Crippen LogP contribution in [0.5, 0.6) is 0 Å². The molecule has 2 aromatic heterocycles. The number of sulfonamides is 1. The van der Waals surface area contributed by atoms with E-state index in [0.717, 1.165) is 16.3 Å². The second kappa shape index (κ2) is 7.69. The lowest BCUT2D eigenvalue weighted by Gasteiger charge is -2.16. The average Bonchev–Trinajstić information content (AvgIpc) is 3.33. The molecule has 7 nitrogen and oxygen atoms in total. The molecule has 0 unspecified atom stereocenters. The van der Waals surface area contributed by atoms with Crippen molar-refractivity contribution in [2.75, 3.05) is 16.6 Å². The molecule has 0 atom stereocenters. The van der Waals surface area contributed by atoms with Gasteiger partial charge in [-0.15, -0.1) is 11.3 Å². The van der Waals surface area contributed by atoms with E-state index in [-0.39, 0.29) is 11.7 Å². The van der Waals surface area contributed by atoms with E-state index in [1.807, 2.05) is 17.5 Å². The van der Waals surface area contributed by atoms with Gasteiger partial charge in [0.15, 0.2) is 0 Å². The first kappa shape index (κ1) is 18.6. The minimum absolute atomic E-state index is 0.171. The van der Waals surface area contributed by atoms with E-state index in [2.05, 4.69) is 15.3 Å². The number of hydrogen-bond donors (Lipinski definition) is 1. The summed E-state index contributed by atoms with van der Waals surface area (Å²) in [5.41, 5.74) is 2.91. The number of hydrogen-bond acceptors (Lipinski definition) is 6. The largest absolute Gasteiger partial charge is 0.346 e. The van der Waals surface area contributed by atoms with Crippen molar-refractivity contribution in [3.63, 3.8) is 0 Å². The summed E-state index contributed by atoms with van der Waals surface area (Å²) in [6, 6.07) is 10.4. The Kier molecular flexibility index (Phi) is 5.10. The third-order valence-corrected chi connectivity index (χ3v) is 7.16. The molecule has 0 saturated carbocycles. The summed E-state index contributed by atoms with van der Waals surface area (Å²) in [6.45, 7) is 0.814. The van der Waals surface area contributed by atoms with Crippen LogP contribution < -0.4 is 9.62 Å². The molecule has 1 N–H and O–H groups in total. The van der Waals surface area contributed by atoms with Gasteiger partial charge in [-0.3, -0.25) is 14.1 Å². The van der Waals surface area contributed by atoms with E-state index in [1.54, 1.807) is 36.7 Å². The highest BCUT2D eigenvalue weighted by atomic mass is 32.2. The Morgan fingerprint density at radius 3 is 2.57 bits per heavy atom. The van der Waals surface area contributed by atoms with Gasteiger partial charge in [0.2, 0.25) is 10.0 Å². The molecule has 1 fully saturated rings. The van der Waals surface area contributed by atoms with Gasteiger partial charge in [0.05, 0.1) is 23.7 Å². The third kappa shape index (κ3) is 3.90. The zero-order valence-electron chi connectivity index (χ0n) is 14.9. The van der Waals surface area contributed by atoms with Gasteiger partial charge in [-0.1, -0.05) is 0 Å². The maximum absolute atomic E-state index is 12.4. The lowest BCUT2D eigenvalue weighted by atomic mass is 10.2. The molecular formula is C19H18N4O3S2. The van der Waals surface area contributed by atoms with Crippen LogP contribution >= 0.6 is 11.3 Å². The third-order valence-electron chi connectivity index (χ3n) is 4.44. The van der Waals surface area contributed by atoms with Crippen molar-refractivity contribution in [1.82, 2.24) is 15.3 Å². The van der Waals surface area contributed by atoms with Crippen molar-refractivity contribution in [3.05, 3.63) is 64.7 Å². The molecule has 144 valence electrons. The molecule has 0 aliphatic carbocycles. The Bertz CT molecular complexity index is 1080. The van der Waals surface area contributed by atoms with E-state index < -0.39 is 10.0 Å². The van der Waals surface area contributed by atoms with Gasteiger partial charge in [-0.25, -0.2) is 13.4 Å². The van der Waals surface area contributed by atoms with Gasteiger partial charge in [-0.2, -0.15) is 0 Å². The zero-order chi connectivity index (χ0) is 19.6. The van der Waals surface area contributed by atoms with Gasteiger partial charge in [-0.05, 0) is 42.8 Å². The lowest BCUT2D eigenvalue weighted by molar-refractivity contribution is 0.0951. The minimum atomic E-state index is -3.22. The number of thiazole rings is 1. The molecule has 0 radical (unpaired) electrons. The van der Waals surface area contributed by atoms with Crippen LogP contribution in [-0.4, -0.2) is 36.6 Å². The van der Waals surface area contributed by atoms with Crippen LogP contribution in [0.1, 0.15) is 21.8 Å². The highest BCUT2D eigenvalue weighted by molar-refractivity contribution is 7.93. The Balaban J connectivity index is 1.39. The zero-order valence-corrected chi connectivity index (χ0v) is 16.5. The van der Waals surface area contributed by atoms with E-state index in [0.29, 0.717) is 30.8 Å². The first-order valence-corrected chi connectivity index (χ1v) is 11.3. The minimum Gasteiger partial charge on any atom is -0.346 e. The normalized spacial score (nSPS) is 15.5. The quantitative estimate of drug-likeness (QED) is 0.693. The molecule has 1 aromatic carbocycles. The molecular weight excluding hydrogens is 396 g/mol. The smallest absolute Gasteiger partial charge is 0.251 e. The van der Waals surface area contributed by atoms with Crippen LogP contribution in [-0.2, 0) is 16.6 Å². The lowest BCUT2D eigenvalue weighted by Crippen LogP contribution is -2.25. The summed E-state index contributed by atoms with van der Waals surface area (Å²) in [4.78, 5) is 20.9. The predicted molar refractivity (Wildman–Crippen MR) is 109 cm³/mol. The summed E-state index contributed by atoms with van der Waals surface area (Å²) in [5.74, 6) is -0.0543. The number of amides is 1. The van der Waals surface area contributed by atoms with Crippen molar-refractivity contribution in [3.8, 4) is 11.3 Å². The molecule has 1 amide bonds. The van der Waals surface area contributed by atoms with Gasteiger partial charge in [0.25, 0.3) is 5.91 Å². The van der Waals surface area contributed by atoms with Crippen LogP contribution in [0, 0.1) is 0 Å². The standard InChI is InChI=1S/C19H18N4O3S2/c24-19(15-2-4-16(5-3-15)23-10-1-11-28(23,25)26)21-12-18-22-17(13-27-18)14-6-8-20-9-7-14/h2-9,13H,1,10-12H2,(H,21,24). The second-order valence-electron chi connectivity index (χ2n) is 6.33. The fourth-order valence-electron chi connectivity index (χ4n) is 3.01. The molecule has 3 heterocycles. The van der Waals surface area contributed by atoms with E-state index in [1.165, 1.54) is 15.6 Å². The van der Waals surface area contributed by atoms with Crippen molar-refractivity contribution in [2.24, 2.45) is 0 Å². The first-order valence-electron chi connectivity index (χ1n) is 8.76. The van der Waals surface area contributed by atoms with E-state index in [4.69, 9.17) is 0 Å². The molecule has 0 bridgehead atoms.